The number of allylic oxidation sites excluding steroid dienone is 8. The zero-order chi connectivity index (χ0) is 19.2. The predicted octanol–water partition coefficient (Wildman–Crippen LogP) is 8.27. The molecule has 0 aromatic carbocycles. The smallest absolute Gasteiger partial charge is 0.0963 e. The molecule has 0 bridgehead atoms. The highest BCUT2D eigenvalue weighted by molar-refractivity contribution is 5.08. The Bertz CT molecular complexity index is 611. The second-order valence-corrected chi connectivity index (χ2v) is 7.32. The summed E-state index contributed by atoms with van der Waals surface area (Å²) in [4.78, 5) is 0. The third-order valence-electron chi connectivity index (χ3n) is 4.38. The topological polar surface area (TPSA) is 13.1 Å². The zero-order valence-electron chi connectivity index (χ0n) is 17.0. The minimum Gasteiger partial charge on any atom is -0.472 e. The average molecular weight is 359 g/mol. The molecular formula is C24H35FO. The third-order valence-corrected chi connectivity index (χ3v) is 4.38. The maximum absolute atomic E-state index is 13.8. The van der Waals surface area contributed by atoms with Crippen molar-refractivity contribution in [3.63, 3.8) is 0 Å². The summed E-state index contributed by atoms with van der Waals surface area (Å²) < 4.78 is 18.8. The molecular weight excluding hydrogens is 323 g/mol. The maximum Gasteiger partial charge on any atom is 0.0963 e. The molecule has 1 heterocycles. The van der Waals surface area contributed by atoms with E-state index in [0.29, 0.717) is 6.42 Å². The van der Waals surface area contributed by atoms with Crippen LogP contribution in [0.25, 0.3) is 0 Å². The highest BCUT2D eigenvalue weighted by atomic mass is 19.1. The van der Waals surface area contributed by atoms with Crippen LogP contribution in [0, 0.1) is 0 Å². The molecule has 0 atom stereocenters. The van der Waals surface area contributed by atoms with E-state index in [1.54, 1.807) is 18.6 Å². The first kappa shape index (κ1) is 22.2. The SMILES string of the molecule is CC(C)=CCCC(C)=CCCC(C)=CCCC(F)=CCCc1ccoc1. The number of rotatable bonds is 12. The molecule has 144 valence electrons. The van der Waals surface area contributed by atoms with Crippen LogP contribution in [0.4, 0.5) is 4.39 Å². The fourth-order valence-electron chi connectivity index (χ4n) is 2.73. The molecule has 1 nitrogen and oxygen atoms in total. The third kappa shape index (κ3) is 11.7. The number of furan rings is 1. The van der Waals surface area contributed by atoms with Crippen molar-refractivity contribution in [2.24, 2.45) is 0 Å². The van der Waals surface area contributed by atoms with Crippen molar-refractivity contribution in [1.82, 2.24) is 0 Å². The van der Waals surface area contributed by atoms with Crippen LogP contribution in [0.15, 0.2) is 69.9 Å². The summed E-state index contributed by atoms with van der Waals surface area (Å²) in [6.07, 6.45) is 19.1. The van der Waals surface area contributed by atoms with E-state index in [2.05, 4.69) is 45.9 Å². The molecule has 0 aliphatic heterocycles. The van der Waals surface area contributed by atoms with Gasteiger partial charge in [-0.15, -0.1) is 0 Å². The van der Waals surface area contributed by atoms with E-state index < -0.39 is 0 Å². The van der Waals surface area contributed by atoms with E-state index in [-0.39, 0.29) is 5.83 Å². The van der Waals surface area contributed by atoms with Crippen molar-refractivity contribution in [3.05, 3.63) is 71.0 Å². The van der Waals surface area contributed by atoms with E-state index in [1.807, 2.05) is 6.07 Å². The Labute approximate surface area is 159 Å². The van der Waals surface area contributed by atoms with Gasteiger partial charge in [-0.2, -0.15) is 0 Å². The number of hydrogen-bond donors (Lipinski definition) is 0. The summed E-state index contributed by atoms with van der Waals surface area (Å²) in [7, 11) is 0. The van der Waals surface area contributed by atoms with Gasteiger partial charge in [0.2, 0.25) is 0 Å². The second-order valence-electron chi connectivity index (χ2n) is 7.32. The van der Waals surface area contributed by atoms with Crippen molar-refractivity contribution in [1.29, 1.82) is 0 Å². The number of hydrogen-bond acceptors (Lipinski definition) is 1. The molecule has 0 amide bonds. The first-order chi connectivity index (χ1) is 12.5. The van der Waals surface area contributed by atoms with Gasteiger partial charge in [0, 0.05) is 6.42 Å². The van der Waals surface area contributed by atoms with Gasteiger partial charge >= 0.3 is 0 Å². The highest BCUT2D eigenvalue weighted by Gasteiger charge is 1.97. The summed E-state index contributed by atoms with van der Waals surface area (Å²) in [5.41, 5.74) is 5.32. The molecule has 0 unspecified atom stereocenters. The number of aryl methyl sites for hydroxylation is 1. The fourth-order valence-corrected chi connectivity index (χ4v) is 2.73. The van der Waals surface area contributed by atoms with Crippen molar-refractivity contribution >= 4 is 0 Å². The lowest BCUT2D eigenvalue weighted by atomic mass is 10.1. The molecule has 0 fully saturated rings. The summed E-state index contributed by atoms with van der Waals surface area (Å²) in [5.74, 6) is -0.00689. The molecule has 0 aliphatic carbocycles. The molecule has 2 heteroatoms. The largest absolute Gasteiger partial charge is 0.472 e. The summed E-state index contributed by atoms with van der Waals surface area (Å²) in [6, 6.07) is 1.93. The zero-order valence-corrected chi connectivity index (χ0v) is 17.0. The molecule has 0 radical (unpaired) electrons. The van der Waals surface area contributed by atoms with Gasteiger partial charge < -0.3 is 4.42 Å². The second kappa shape index (κ2) is 13.4. The van der Waals surface area contributed by atoms with Crippen LogP contribution in [0.2, 0.25) is 0 Å². The Morgan fingerprint density at radius 1 is 0.846 bits per heavy atom. The Morgan fingerprint density at radius 2 is 1.46 bits per heavy atom. The lowest BCUT2D eigenvalue weighted by Crippen LogP contribution is -1.83. The van der Waals surface area contributed by atoms with E-state index in [1.165, 1.54) is 16.7 Å². The van der Waals surface area contributed by atoms with Crippen molar-refractivity contribution in [2.75, 3.05) is 0 Å². The molecule has 1 aromatic heterocycles. The quantitative estimate of drug-likeness (QED) is 0.343. The lowest BCUT2D eigenvalue weighted by Gasteiger charge is -2.02. The molecule has 1 aromatic rings. The monoisotopic (exact) mass is 358 g/mol. The summed E-state index contributed by atoms with van der Waals surface area (Å²) in [5, 5.41) is 0. The van der Waals surface area contributed by atoms with Crippen LogP contribution in [0.3, 0.4) is 0 Å². The van der Waals surface area contributed by atoms with Crippen LogP contribution < -0.4 is 0 Å². The van der Waals surface area contributed by atoms with Crippen molar-refractivity contribution in [3.8, 4) is 0 Å². The number of halogens is 1. The maximum atomic E-state index is 13.8. The van der Waals surface area contributed by atoms with Gasteiger partial charge in [-0.25, -0.2) is 4.39 Å². The Hall–Kier alpha value is -1.83. The van der Waals surface area contributed by atoms with Crippen molar-refractivity contribution < 1.29 is 8.81 Å². The Balaban J connectivity index is 2.18. The van der Waals surface area contributed by atoms with Gasteiger partial charge in [0.05, 0.1) is 18.4 Å². The minimum absolute atomic E-state index is 0.00689. The predicted molar refractivity (Wildman–Crippen MR) is 111 cm³/mol. The normalized spacial score (nSPS) is 13.2. The molecule has 26 heavy (non-hydrogen) atoms. The van der Waals surface area contributed by atoms with E-state index >= 15 is 0 Å². The van der Waals surface area contributed by atoms with Crippen LogP contribution in [0.1, 0.15) is 78.2 Å². The van der Waals surface area contributed by atoms with Crippen molar-refractivity contribution in [2.45, 2.75) is 79.1 Å². The van der Waals surface area contributed by atoms with Crippen LogP contribution in [0.5, 0.6) is 0 Å². The standard InChI is InChI=1S/C24H35FO/c1-20(2)9-5-10-21(3)11-6-12-22(4)13-7-15-24(25)16-8-14-23-17-18-26-19-23/h9,11,13,16-19H,5-8,10,12,14-15H2,1-4H3. The van der Waals surface area contributed by atoms with Gasteiger partial charge in [0.15, 0.2) is 0 Å². The fraction of sp³-hybridized carbons (Fsp3) is 0.500. The van der Waals surface area contributed by atoms with Gasteiger partial charge in [0.1, 0.15) is 0 Å². The lowest BCUT2D eigenvalue weighted by molar-refractivity contribution is 0.563. The summed E-state index contributed by atoms with van der Waals surface area (Å²) >= 11 is 0. The minimum atomic E-state index is -0.00689. The van der Waals surface area contributed by atoms with E-state index in [4.69, 9.17) is 4.42 Å². The summed E-state index contributed by atoms with van der Waals surface area (Å²) in [6.45, 7) is 8.64. The average Bonchev–Trinajstić information content (AvgIpc) is 3.08. The first-order valence-corrected chi connectivity index (χ1v) is 9.77. The van der Waals surface area contributed by atoms with E-state index in [9.17, 15) is 4.39 Å². The molecule has 0 spiro atoms. The first-order valence-electron chi connectivity index (χ1n) is 9.77. The van der Waals surface area contributed by atoms with Crippen LogP contribution >= 0.6 is 0 Å². The highest BCUT2D eigenvalue weighted by Crippen LogP contribution is 2.15. The molecule has 0 saturated carbocycles. The van der Waals surface area contributed by atoms with Gasteiger partial charge in [0.25, 0.3) is 0 Å². The Morgan fingerprint density at radius 3 is 2.04 bits per heavy atom. The van der Waals surface area contributed by atoms with Crippen LogP contribution in [-0.4, -0.2) is 0 Å². The van der Waals surface area contributed by atoms with E-state index in [0.717, 1.165) is 50.5 Å². The van der Waals surface area contributed by atoms with Gasteiger partial charge in [-0.3, -0.25) is 0 Å². The molecule has 1 rings (SSSR count). The molecule has 0 saturated heterocycles. The van der Waals surface area contributed by atoms with Gasteiger partial charge in [-0.1, -0.05) is 41.0 Å². The molecule has 0 aliphatic rings. The van der Waals surface area contributed by atoms with Gasteiger partial charge in [-0.05, 0) is 84.3 Å². The van der Waals surface area contributed by atoms with Crippen LogP contribution in [-0.2, 0) is 6.42 Å². The Kier molecular flexibility index (Phi) is 11.4. The molecule has 0 N–H and O–H groups in total.